The summed E-state index contributed by atoms with van der Waals surface area (Å²) in [7, 11) is 0. The van der Waals surface area contributed by atoms with Crippen LogP contribution in [0.4, 0.5) is 11.5 Å². The quantitative estimate of drug-likeness (QED) is 0.840. The summed E-state index contributed by atoms with van der Waals surface area (Å²) in [5.41, 5.74) is 0.693. The molecule has 1 heterocycles. The second kappa shape index (κ2) is 6.23. The summed E-state index contributed by atoms with van der Waals surface area (Å²) in [6.45, 7) is 2.83. The SMILES string of the molecule is CCn1ccc(NC(=S)Nc2ccc(Cl)cc2Cl)n1. The first-order valence-electron chi connectivity index (χ1n) is 5.65. The second-order valence-electron chi connectivity index (χ2n) is 3.76. The molecule has 0 amide bonds. The zero-order valence-electron chi connectivity index (χ0n) is 10.2. The minimum atomic E-state index is 0.422. The molecule has 0 atom stereocenters. The fourth-order valence-electron chi connectivity index (χ4n) is 1.47. The largest absolute Gasteiger partial charge is 0.331 e. The molecule has 19 heavy (non-hydrogen) atoms. The first-order chi connectivity index (χ1) is 9.08. The summed E-state index contributed by atoms with van der Waals surface area (Å²) in [5.74, 6) is 0.685. The third-order valence-corrected chi connectivity index (χ3v) is 3.14. The van der Waals surface area contributed by atoms with Gasteiger partial charge < -0.3 is 10.6 Å². The maximum Gasteiger partial charge on any atom is 0.176 e. The Morgan fingerprint density at radius 3 is 2.74 bits per heavy atom. The molecule has 0 saturated heterocycles. The van der Waals surface area contributed by atoms with Gasteiger partial charge in [-0.1, -0.05) is 23.2 Å². The van der Waals surface area contributed by atoms with Crippen molar-refractivity contribution in [1.29, 1.82) is 0 Å². The number of aromatic nitrogens is 2. The van der Waals surface area contributed by atoms with E-state index >= 15 is 0 Å². The second-order valence-corrected chi connectivity index (χ2v) is 5.01. The zero-order chi connectivity index (χ0) is 13.8. The molecule has 7 heteroatoms. The minimum absolute atomic E-state index is 0.422. The number of halogens is 2. The zero-order valence-corrected chi connectivity index (χ0v) is 12.5. The molecular weight excluding hydrogens is 303 g/mol. The maximum atomic E-state index is 6.05. The summed E-state index contributed by atoms with van der Waals surface area (Å²) in [5, 5.41) is 11.8. The van der Waals surface area contributed by atoms with E-state index in [1.165, 1.54) is 0 Å². The molecule has 0 spiro atoms. The van der Waals surface area contributed by atoms with Gasteiger partial charge in [0.05, 0.1) is 10.7 Å². The molecule has 0 bridgehead atoms. The Morgan fingerprint density at radius 1 is 1.32 bits per heavy atom. The molecule has 0 saturated carbocycles. The highest BCUT2D eigenvalue weighted by Crippen LogP contribution is 2.25. The van der Waals surface area contributed by atoms with Crippen LogP contribution in [0.25, 0.3) is 0 Å². The van der Waals surface area contributed by atoms with E-state index in [-0.39, 0.29) is 0 Å². The number of aryl methyl sites for hydroxylation is 1. The third-order valence-electron chi connectivity index (χ3n) is 2.39. The Balaban J connectivity index is 2.01. The van der Waals surface area contributed by atoms with Crippen LogP contribution in [0.15, 0.2) is 30.5 Å². The van der Waals surface area contributed by atoms with E-state index in [9.17, 15) is 0 Å². The number of benzene rings is 1. The van der Waals surface area contributed by atoms with Crippen molar-refractivity contribution < 1.29 is 0 Å². The first-order valence-corrected chi connectivity index (χ1v) is 6.81. The number of thiocarbonyl (C=S) groups is 1. The van der Waals surface area contributed by atoms with Crippen LogP contribution >= 0.6 is 35.4 Å². The molecule has 2 N–H and O–H groups in total. The van der Waals surface area contributed by atoms with Crippen molar-refractivity contribution in [2.24, 2.45) is 0 Å². The van der Waals surface area contributed by atoms with Crippen molar-refractivity contribution in [2.75, 3.05) is 10.6 Å². The Labute approximate surface area is 126 Å². The predicted molar refractivity (Wildman–Crippen MR) is 84.2 cm³/mol. The first kappa shape index (κ1) is 14.1. The van der Waals surface area contributed by atoms with E-state index in [1.54, 1.807) is 22.9 Å². The van der Waals surface area contributed by atoms with Crippen molar-refractivity contribution in [2.45, 2.75) is 13.5 Å². The normalized spacial score (nSPS) is 10.3. The van der Waals surface area contributed by atoms with Gasteiger partial charge in [-0.3, -0.25) is 4.68 Å². The topological polar surface area (TPSA) is 41.9 Å². The van der Waals surface area contributed by atoms with Gasteiger partial charge in [-0.05, 0) is 37.3 Å². The van der Waals surface area contributed by atoms with Crippen molar-refractivity contribution in [1.82, 2.24) is 9.78 Å². The monoisotopic (exact) mass is 314 g/mol. The molecule has 4 nitrogen and oxygen atoms in total. The Bertz CT molecular complexity index is 597. The van der Waals surface area contributed by atoms with E-state index in [0.29, 0.717) is 26.7 Å². The standard InChI is InChI=1S/C12H12Cl2N4S/c1-2-18-6-5-11(17-18)16-12(19)15-10-4-3-8(13)7-9(10)14/h3-7H,2H2,1H3,(H2,15,16,17,19). The highest BCUT2D eigenvalue weighted by molar-refractivity contribution is 7.80. The van der Waals surface area contributed by atoms with Gasteiger partial charge in [0.25, 0.3) is 0 Å². The van der Waals surface area contributed by atoms with E-state index < -0.39 is 0 Å². The van der Waals surface area contributed by atoms with Crippen LogP contribution in [0.2, 0.25) is 10.0 Å². The molecule has 0 unspecified atom stereocenters. The van der Waals surface area contributed by atoms with Gasteiger partial charge in [-0.2, -0.15) is 5.10 Å². The minimum Gasteiger partial charge on any atom is -0.331 e. The summed E-state index contributed by atoms with van der Waals surface area (Å²) in [4.78, 5) is 0. The van der Waals surface area contributed by atoms with Crippen LogP contribution in [-0.2, 0) is 6.54 Å². The van der Waals surface area contributed by atoms with Gasteiger partial charge in [0.2, 0.25) is 0 Å². The molecule has 0 aliphatic carbocycles. The van der Waals surface area contributed by atoms with Gasteiger partial charge in [0.1, 0.15) is 0 Å². The van der Waals surface area contributed by atoms with Crippen molar-refractivity contribution >= 4 is 52.0 Å². The fraction of sp³-hybridized carbons (Fsp3) is 0.167. The van der Waals surface area contributed by atoms with Gasteiger partial charge in [-0.25, -0.2) is 0 Å². The summed E-state index contributed by atoms with van der Waals surface area (Å²) in [6.07, 6.45) is 1.88. The predicted octanol–water partition coefficient (Wildman–Crippen LogP) is 4.02. The van der Waals surface area contributed by atoms with Crippen LogP contribution in [0, 0.1) is 0 Å². The van der Waals surface area contributed by atoms with Crippen LogP contribution in [0.5, 0.6) is 0 Å². The number of anilines is 2. The number of hydrogen-bond donors (Lipinski definition) is 2. The lowest BCUT2D eigenvalue weighted by atomic mass is 10.3. The number of hydrogen-bond acceptors (Lipinski definition) is 2. The molecule has 0 fully saturated rings. The number of nitrogens with one attached hydrogen (secondary N) is 2. The summed E-state index contributed by atoms with van der Waals surface area (Å²) in [6, 6.07) is 7.01. The van der Waals surface area contributed by atoms with Gasteiger partial charge in [-0.15, -0.1) is 0 Å². The van der Waals surface area contributed by atoms with Crippen molar-refractivity contribution in [3.05, 3.63) is 40.5 Å². The van der Waals surface area contributed by atoms with Gasteiger partial charge >= 0.3 is 0 Å². The Hall–Kier alpha value is -1.30. The van der Waals surface area contributed by atoms with E-state index in [4.69, 9.17) is 35.4 Å². The Kier molecular flexibility index (Phi) is 4.63. The van der Waals surface area contributed by atoms with Crippen LogP contribution in [0.3, 0.4) is 0 Å². The van der Waals surface area contributed by atoms with Crippen LogP contribution < -0.4 is 10.6 Å². The summed E-state index contributed by atoms with van der Waals surface area (Å²) < 4.78 is 1.81. The molecular formula is C12H12Cl2N4S. The van der Waals surface area contributed by atoms with Crippen molar-refractivity contribution in [3.8, 4) is 0 Å². The Morgan fingerprint density at radius 2 is 2.11 bits per heavy atom. The van der Waals surface area contributed by atoms with E-state index in [0.717, 1.165) is 6.54 Å². The van der Waals surface area contributed by atoms with Crippen molar-refractivity contribution in [3.63, 3.8) is 0 Å². The number of rotatable bonds is 3. The van der Waals surface area contributed by atoms with Gasteiger partial charge in [0.15, 0.2) is 10.9 Å². The highest BCUT2D eigenvalue weighted by Gasteiger charge is 2.05. The molecule has 0 aliphatic heterocycles. The lowest BCUT2D eigenvalue weighted by Gasteiger charge is -2.10. The lowest BCUT2D eigenvalue weighted by molar-refractivity contribution is 0.662. The smallest absolute Gasteiger partial charge is 0.176 e. The van der Waals surface area contributed by atoms with E-state index in [1.807, 2.05) is 19.2 Å². The number of nitrogens with zero attached hydrogens (tertiary/aromatic N) is 2. The molecule has 0 radical (unpaired) electrons. The molecule has 2 aromatic rings. The molecule has 2 rings (SSSR count). The maximum absolute atomic E-state index is 6.05. The highest BCUT2D eigenvalue weighted by atomic mass is 35.5. The van der Waals surface area contributed by atoms with Crippen LogP contribution in [-0.4, -0.2) is 14.9 Å². The lowest BCUT2D eigenvalue weighted by Crippen LogP contribution is -2.19. The average molecular weight is 315 g/mol. The molecule has 1 aromatic heterocycles. The fourth-order valence-corrected chi connectivity index (χ4v) is 2.14. The molecule has 1 aromatic carbocycles. The molecule has 100 valence electrons. The summed E-state index contributed by atoms with van der Waals surface area (Å²) >= 11 is 17.1. The third kappa shape index (κ3) is 3.83. The van der Waals surface area contributed by atoms with Crippen LogP contribution in [0.1, 0.15) is 6.92 Å². The van der Waals surface area contributed by atoms with E-state index in [2.05, 4.69) is 15.7 Å². The van der Waals surface area contributed by atoms with Gasteiger partial charge in [0, 0.05) is 23.8 Å². The average Bonchev–Trinajstić information content (AvgIpc) is 2.80. The molecule has 0 aliphatic rings.